The maximum absolute atomic E-state index is 11.4. The van der Waals surface area contributed by atoms with E-state index in [-0.39, 0.29) is 12.5 Å². The molecule has 0 spiro atoms. The SMILES string of the molecule is CC(C)(C)OC(=O)NCC(=O)NC1=NCCS1. The third-order valence-electron chi connectivity index (χ3n) is 1.62. The smallest absolute Gasteiger partial charge is 0.408 e. The fourth-order valence-corrected chi connectivity index (χ4v) is 1.79. The molecule has 1 rings (SSSR count). The Morgan fingerprint density at radius 3 is 2.71 bits per heavy atom. The van der Waals surface area contributed by atoms with Crippen LogP contribution in [0.1, 0.15) is 20.8 Å². The van der Waals surface area contributed by atoms with Crippen LogP contribution in [0, 0.1) is 0 Å². The number of alkyl carbamates (subject to hydrolysis) is 1. The van der Waals surface area contributed by atoms with E-state index in [9.17, 15) is 9.59 Å². The highest BCUT2D eigenvalue weighted by atomic mass is 32.2. The second-order valence-corrected chi connectivity index (χ2v) is 5.52. The molecule has 96 valence electrons. The number of hydrogen-bond acceptors (Lipinski definition) is 5. The monoisotopic (exact) mass is 259 g/mol. The molecule has 0 aromatic rings. The minimum absolute atomic E-state index is 0.117. The molecule has 0 radical (unpaired) electrons. The predicted molar refractivity (Wildman–Crippen MR) is 67.1 cm³/mol. The number of amidine groups is 1. The summed E-state index contributed by atoms with van der Waals surface area (Å²) in [4.78, 5) is 26.7. The average molecular weight is 259 g/mol. The van der Waals surface area contributed by atoms with E-state index in [1.807, 2.05) is 0 Å². The van der Waals surface area contributed by atoms with Crippen LogP contribution in [0.25, 0.3) is 0 Å². The molecular formula is C10H17N3O3S. The summed E-state index contributed by atoms with van der Waals surface area (Å²) in [6, 6.07) is 0. The van der Waals surface area contributed by atoms with Gasteiger partial charge in [-0.2, -0.15) is 0 Å². The van der Waals surface area contributed by atoms with Gasteiger partial charge in [-0.05, 0) is 20.8 Å². The summed E-state index contributed by atoms with van der Waals surface area (Å²) in [5.74, 6) is 0.582. The van der Waals surface area contributed by atoms with E-state index in [0.29, 0.717) is 5.17 Å². The quantitative estimate of drug-likeness (QED) is 0.766. The highest BCUT2D eigenvalue weighted by molar-refractivity contribution is 8.14. The molecule has 0 fully saturated rings. The lowest BCUT2D eigenvalue weighted by Crippen LogP contribution is -2.40. The Morgan fingerprint density at radius 1 is 1.47 bits per heavy atom. The van der Waals surface area contributed by atoms with Crippen molar-refractivity contribution >= 4 is 28.9 Å². The van der Waals surface area contributed by atoms with Crippen molar-refractivity contribution in [2.24, 2.45) is 4.99 Å². The van der Waals surface area contributed by atoms with Crippen LogP contribution in [0.4, 0.5) is 4.79 Å². The number of amides is 2. The molecule has 7 heteroatoms. The van der Waals surface area contributed by atoms with E-state index >= 15 is 0 Å². The Labute approximate surface area is 105 Å². The average Bonchev–Trinajstić information content (AvgIpc) is 2.64. The van der Waals surface area contributed by atoms with Gasteiger partial charge in [0.1, 0.15) is 12.1 Å². The molecule has 0 aromatic carbocycles. The number of rotatable bonds is 2. The van der Waals surface area contributed by atoms with E-state index in [0.717, 1.165) is 12.3 Å². The summed E-state index contributed by atoms with van der Waals surface area (Å²) in [5.41, 5.74) is -0.564. The lowest BCUT2D eigenvalue weighted by Gasteiger charge is -2.19. The first-order valence-electron chi connectivity index (χ1n) is 5.31. The van der Waals surface area contributed by atoms with Gasteiger partial charge < -0.3 is 15.4 Å². The molecule has 6 nitrogen and oxygen atoms in total. The maximum Gasteiger partial charge on any atom is 0.408 e. The summed E-state index contributed by atoms with van der Waals surface area (Å²) in [7, 11) is 0. The standard InChI is InChI=1S/C10H17N3O3S/c1-10(2,3)16-9(15)12-6-7(14)13-8-11-4-5-17-8/h4-6H2,1-3H3,(H,12,15)(H,11,13,14). The topological polar surface area (TPSA) is 79.8 Å². The molecule has 0 unspecified atom stereocenters. The number of nitrogens with one attached hydrogen (secondary N) is 2. The van der Waals surface area contributed by atoms with Crippen molar-refractivity contribution < 1.29 is 14.3 Å². The minimum Gasteiger partial charge on any atom is -0.444 e. The Hall–Kier alpha value is -1.24. The molecule has 2 N–H and O–H groups in total. The van der Waals surface area contributed by atoms with Gasteiger partial charge in [0.25, 0.3) is 0 Å². The van der Waals surface area contributed by atoms with Crippen LogP contribution in [0.3, 0.4) is 0 Å². The number of ether oxygens (including phenoxy) is 1. The van der Waals surface area contributed by atoms with Gasteiger partial charge >= 0.3 is 6.09 Å². The van der Waals surface area contributed by atoms with Crippen LogP contribution >= 0.6 is 11.8 Å². The van der Waals surface area contributed by atoms with Crippen LogP contribution in [0.5, 0.6) is 0 Å². The van der Waals surface area contributed by atoms with E-state index in [2.05, 4.69) is 15.6 Å². The van der Waals surface area contributed by atoms with E-state index in [4.69, 9.17) is 4.74 Å². The number of hydrogen-bond donors (Lipinski definition) is 2. The zero-order valence-corrected chi connectivity index (χ0v) is 11.0. The molecule has 1 aliphatic rings. The van der Waals surface area contributed by atoms with Gasteiger partial charge in [0.15, 0.2) is 5.17 Å². The fourth-order valence-electron chi connectivity index (χ4n) is 1.04. The van der Waals surface area contributed by atoms with Crippen molar-refractivity contribution in [2.45, 2.75) is 26.4 Å². The van der Waals surface area contributed by atoms with Crippen molar-refractivity contribution in [3.8, 4) is 0 Å². The third-order valence-corrected chi connectivity index (χ3v) is 2.52. The first-order valence-corrected chi connectivity index (χ1v) is 6.29. The van der Waals surface area contributed by atoms with Crippen LogP contribution in [0.2, 0.25) is 0 Å². The van der Waals surface area contributed by atoms with Gasteiger partial charge in [0.2, 0.25) is 5.91 Å². The normalized spacial score (nSPS) is 15.1. The van der Waals surface area contributed by atoms with Crippen LogP contribution in [-0.4, -0.2) is 41.6 Å². The van der Waals surface area contributed by atoms with Gasteiger partial charge in [0, 0.05) is 5.75 Å². The van der Waals surface area contributed by atoms with Gasteiger partial charge in [-0.3, -0.25) is 9.79 Å². The molecular weight excluding hydrogens is 242 g/mol. The first kappa shape index (κ1) is 13.8. The van der Waals surface area contributed by atoms with Gasteiger partial charge in [-0.25, -0.2) is 4.79 Å². The molecule has 0 aliphatic carbocycles. The molecule has 0 saturated carbocycles. The van der Waals surface area contributed by atoms with Crippen LogP contribution in [0.15, 0.2) is 4.99 Å². The third kappa shape index (κ3) is 6.15. The van der Waals surface area contributed by atoms with Crippen molar-refractivity contribution in [3.05, 3.63) is 0 Å². The van der Waals surface area contributed by atoms with Crippen LogP contribution < -0.4 is 10.6 Å². The molecule has 0 atom stereocenters. The molecule has 0 saturated heterocycles. The lowest BCUT2D eigenvalue weighted by atomic mass is 10.2. The minimum atomic E-state index is -0.603. The van der Waals surface area contributed by atoms with Crippen molar-refractivity contribution in [3.63, 3.8) is 0 Å². The summed E-state index contributed by atoms with van der Waals surface area (Å²) in [6.07, 6.45) is -0.603. The highest BCUT2D eigenvalue weighted by Gasteiger charge is 2.17. The molecule has 1 aliphatic heterocycles. The summed E-state index contributed by atoms with van der Waals surface area (Å²) < 4.78 is 4.99. The number of aliphatic imine (C=N–C) groups is 1. The Morgan fingerprint density at radius 2 is 2.18 bits per heavy atom. The van der Waals surface area contributed by atoms with Crippen molar-refractivity contribution in [1.29, 1.82) is 0 Å². The summed E-state index contributed by atoms with van der Waals surface area (Å²) >= 11 is 1.49. The summed E-state index contributed by atoms with van der Waals surface area (Å²) in [6.45, 7) is 5.89. The molecule has 0 bridgehead atoms. The van der Waals surface area contributed by atoms with Gasteiger partial charge in [0.05, 0.1) is 6.54 Å². The van der Waals surface area contributed by atoms with Crippen LogP contribution in [-0.2, 0) is 9.53 Å². The zero-order chi connectivity index (χ0) is 12.9. The van der Waals surface area contributed by atoms with Crippen molar-refractivity contribution in [2.75, 3.05) is 18.8 Å². The number of thioether (sulfide) groups is 1. The predicted octanol–water partition coefficient (Wildman–Crippen LogP) is 0.730. The zero-order valence-electron chi connectivity index (χ0n) is 10.2. The fraction of sp³-hybridized carbons (Fsp3) is 0.700. The van der Waals surface area contributed by atoms with E-state index in [1.165, 1.54) is 11.8 Å². The first-order chi connectivity index (χ1) is 7.87. The van der Waals surface area contributed by atoms with E-state index in [1.54, 1.807) is 20.8 Å². The maximum atomic E-state index is 11.4. The molecule has 0 aromatic heterocycles. The largest absolute Gasteiger partial charge is 0.444 e. The van der Waals surface area contributed by atoms with Gasteiger partial charge in [-0.15, -0.1) is 0 Å². The highest BCUT2D eigenvalue weighted by Crippen LogP contribution is 2.08. The Bertz CT molecular complexity index is 336. The van der Waals surface area contributed by atoms with Crippen molar-refractivity contribution in [1.82, 2.24) is 10.6 Å². The Kier molecular flexibility index (Phi) is 4.80. The van der Waals surface area contributed by atoms with E-state index < -0.39 is 11.7 Å². The summed E-state index contributed by atoms with van der Waals surface area (Å²) in [5, 5.41) is 5.59. The molecule has 17 heavy (non-hydrogen) atoms. The van der Waals surface area contributed by atoms with Gasteiger partial charge in [-0.1, -0.05) is 11.8 Å². The number of carbonyl (C=O) groups is 2. The molecule has 1 heterocycles. The lowest BCUT2D eigenvalue weighted by molar-refractivity contribution is -0.118. The second kappa shape index (κ2) is 5.90. The number of nitrogens with zero attached hydrogens (tertiary/aromatic N) is 1. The Balaban J connectivity index is 2.21. The number of carbonyl (C=O) groups excluding carboxylic acids is 2. The second-order valence-electron chi connectivity index (χ2n) is 4.44. The molecule has 2 amide bonds.